The standard InChI is InChI=1S/C13H19N3O2S/c1-16(13(18)11-5-3-7-19-11)9-12(17)15-8-10-4-2-6-14-10/h3,5,7,10,14H,2,4,6,8-9H2,1H3,(H,15,17). The Morgan fingerprint density at radius 3 is 3.05 bits per heavy atom. The highest BCUT2D eigenvalue weighted by atomic mass is 32.1. The van der Waals surface area contributed by atoms with Crippen molar-refractivity contribution in [3.8, 4) is 0 Å². The van der Waals surface area contributed by atoms with E-state index in [2.05, 4.69) is 10.6 Å². The maximum Gasteiger partial charge on any atom is 0.264 e. The molecule has 2 N–H and O–H groups in total. The zero-order valence-corrected chi connectivity index (χ0v) is 11.8. The highest BCUT2D eigenvalue weighted by Gasteiger charge is 2.18. The molecular formula is C13H19N3O2S. The van der Waals surface area contributed by atoms with Crippen LogP contribution in [0.1, 0.15) is 22.5 Å². The molecule has 0 aliphatic carbocycles. The average Bonchev–Trinajstić information content (AvgIpc) is 3.08. The van der Waals surface area contributed by atoms with Crippen LogP contribution in [0.4, 0.5) is 0 Å². The molecule has 0 radical (unpaired) electrons. The first kappa shape index (κ1) is 14.0. The van der Waals surface area contributed by atoms with E-state index >= 15 is 0 Å². The first-order chi connectivity index (χ1) is 9.16. The summed E-state index contributed by atoms with van der Waals surface area (Å²) in [6.45, 7) is 1.76. The molecule has 1 aromatic heterocycles. The zero-order chi connectivity index (χ0) is 13.7. The summed E-state index contributed by atoms with van der Waals surface area (Å²) in [6.07, 6.45) is 2.27. The first-order valence-electron chi connectivity index (χ1n) is 6.46. The molecule has 2 heterocycles. The molecular weight excluding hydrogens is 262 g/mol. The lowest BCUT2D eigenvalue weighted by molar-refractivity contribution is -0.121. The Hall–Kier alpha value is -1.40. The fourth-order valence-corrected chi connectivity index (χ4v) is 2.82. The normalized spacial score (nSPS) is 18.3. The van der Waals surface area contributed by atoms with Crippen LogP contribution in [0.25, 0.3) is 0 Å². The summed E-state index contributed by atoms with van der Waals surface area (Å²) in [5.74, 6) is -0.217. The largest absolute Gasteiger partial charge is 0.353 e. The molecule has 1 aliphatic rings. The molecule has 1 aliphatic heterocycles. The third-order valence-electron chi connectivity index (χ3n) is 3.17. The van der Waals surface area contributed by atoms with Crippen LogP contribution in [0.3, 0.4) is 0 Å². The Labute approximate surface area is 117 Å². The van der Waals surface area contributed by atoms with Gasteiger partial charge in [0, 0.05) is 19.6 Å². The van der Waals surface area contributed by atoms with E-state index in [1.54, 1.807) is 13.1 Å². The summed E-state index contributed by atoms with van der Waals surface area (Å²) in [6, 6.07) is 3.98. The molecule has 104 valence electrons. The molecule has 5 nitrogen and oxygen atoms in total. The minimum Gasteiger partial charge on any atom is -0.353 e. The Bertz CT molecular complexity index is 427. The minimum absolute atomic E-state index is 0.101. The van der Waals surface area contributed by atoms with E-state index in [1.165, 1.54) is 16.2 Å². The number of likely N-dealkylation sites (N-methyl/N-ethyl adjacent to an activating group) is 1. The van der Waals surface area contributed by atoms with E-state index in [0.29, 0.717) is 17.5 Å². The summed E-state index contributed by atoms with van der Waals surface area (Å²) in [5, 5.41) is 8.03. The smallest absolute Gasteiger partial charge is 0.264 e. The number of thiophene rings is 1. The first-order valence-corrected chi connectivity index (χ1v) is 7.34. The molecule has 2 rings (SSSR count). The summed E-state index contributed by atoms with van der Waals surface area (Å²) >= 11 is 1.39. The predicted octanol–water partition coefficient (Wildman–Crippen LogP) is 0.688. The van der Waals surface area contributed by atoms with Gasteiger partial charge in [0.25, 0.3) is 5.91 Å². The SMILES string of the molecule is CN(CC(=O)NCC1CCCN1)C(=O)c1cccs1. The number of amides is 2. The summed E-state index contributed by atoms with van der Waals surface area (Å²) in [5.41, 5.74) is 0. The summed E-state index contributed by atoms with van der Waals surface area (Å²) < 4.78 is 0. The van der Waals surface area contributed by atoms with E-state index < -0.39 is 0 Å². The lowest BCUT2D eigenvalue weighted by atomic mass is 10.2. The summed E-state index contributed by atoms with van der Waals surface area (Å²) in [7, 11) is 1.65. The van der Waals surface area contributed by atoms with E-state index in [-0.39, 0.29) is 18.4 Å². The van der Waals surface area contributed by atoms with Gasteiger partial charge in [-0.25, -0.2) is 0 Å². The van der Waals surface area contributed by atoms with Gasteiger partial charge >= 0.3 is 0 Å². The van der Waals surface area contributed by atoms with Gasteiger partial charge in [-0.05, 0) is 30.8 Å². The van der Waals surface area contributed by atoms with Gasteiger partial charge in [-0.3, -0.25) is 9.59 Å². The molecule has 1 fully saturated rings. The van der Waals surface area contributed by atoms with Gasteiger partial charge in [-0.1, -0.05) is 6.07 Å². The highest BCUT2D eigenvalue weighted by molar-refractivity contribution is 7.12. The number of carbonyl (C=O) groups is 2. The number of hydrogen-bond donors (Lipinski definition) is 2. The van der Waals surface area contributed by atoms with Crippen LogP contribution in [0, 0.1) is 0 Å². The second-order valence-electron chi connectivity index (χ2n) is 4.74. The monoisotopic (exact) mass is 281 g/mol. The Kier molecular flexibility index (Phi) is 4.93. The van der Waals surface area contributed by atoms with Gasteiger partial charge in [-0.2, -0.15) is 0 Å². The predicted molar refractivity (Wildman–Crippen MR) is 75.3 cm³/mol. The number of nitrogens with one attached hydrogen (secondary N) is 2. The zero-order valence-electron chi connectivity index (χ0n) is 11.0. The second kappa shape index (κ2) is 6.68. The lowest BCUT2D eigenvalue weighted by Crippen LogP contribution is -2.42. The fraction of sp³-hybridized carbons (Fsp3) is 0.538. The fourth-order valence-electron chi connectivity index (χ4n) is 2.10. The minimum atomic E-state index is -0.110. The number of rotatable bonds is 5. The van der Waals surface area contributed by atoms with Gasteiger partial charge in [0.1, 0.15) is 0 Å². The Morgan fingerprint density at radius 1 is 1.58 bits per heavy atom. The van der Waals surface area contributed by atoms with Crippen LogP contribution in [0.2, 0.25) is 0 Å². The van der Waals surface area contributed by atoms with Crippen molar-refractivity contribution in [2.45, 2.75) is 18.9 Å². The van der Waals surface area contributed by atoms with Crippen molar-refractivity contribution < 1.29 is 9.59 Å². The second-order valence-corrected chi connectivity index (χ2v) is 5.68. The van der Waals surface area contributed by atoms with Crippen molar-refractivity contribution in [1.29, 1.82) is 0 Å². The van der Waals surface area contributed by atoms with E-state index in [1.807, 2.05) is 11.4 Å². The van der Waals surface area contributed by atoms with Gasteiger partial charge in [0.15, 0.2) is 0 Å². The molecule has 1 atom stereocenters. The van der Waals surface area contributed by atoms with Crippen molar-refractivity contribution in [2.24, 2.45) is 0 Å². The van der Waals surface area contributed by atoms with Gasteiger partial charge in [-0.15, -0.1) is 11.3 Å². The summed E-state index contributed by atoms with van der Waals surface area (Å²) in [4.78, 5) is 25.8. The van der Waals surface area contributed by atoms with Crippen LogP contribution < -0.4 is 10.6 Å². The van der Waals surface area contributed by atoms with Gasteiger partial charge in [0.2, 0.25) is 5.91 Å². The van der Waals surface area contributed by atoms with E-state index in [0.717, 1.165) is 19.4 Å². The van der Waals surface area contributed by atoms with E-state index in [4.69, 9.17) is 0 Å². The quantitative estimate of drug-likeness (QED) is 0.835. The lowest BCUT2D eigenvalue weighted by Gasteiger charge is -2.17. The number of carbonyl (C=O) groups excluding carboxylic acids is 2. The molecule has 0 bridgehead atoms. The Balaban J connectivity index is 1.73. The number of hydrogen-bond acceptors (Lipinski definition) is 4. The highest BCUT2D eigenvalue weighted by Crippen LogP contribution is 2.10. The molecule has 19 heavy (non-hydrogen) atoms. The van der Waals surface area contributed by atoms with Gasteiger partial charge in [0.05, 0.1) is 11.4 Å². The van der Waals surface area contributed by atoms with Gasteiger partial charge < -0.3 is 15.5 Å². The van der Waals surface area contributed by atoms with Crippen molar-refractivity contribution in [3.63, 3.8) is 0 Å². The van der Waals surface area contributed by atoms with Crippen molar-refractivity contribution in [1.82, 2.24) is 15.5 Å². The Morgan fingerprint density at radius 2 is 2.42 bits per heavy atom. The maximum absolute atomic E-state index is 11.9. The molecule has 6 heteroatoms. The molecule has 0 aromatic carbocycles. The van der Waals surface area contributed by atoms with Crippen LogP contribution in [0.15, 0.2) is 17.5 Å². The van der Waals surface area contributed by atoms with Crippen molar-refractivity contribution in [2.75, 3.05) is 26.7 Å². The van der Waals surface area contributed by atoms with Crippen molar-refractivity contribution >= 4 is 23.2 Å². The molecule has 0 spiro atoms. The van der Waals surface area contributed by atoms with E-state index in [9.17, 15) is 9.59 Å². The average molecular weight is 281 g/mol. The van der Waals surface area contributed by atoms with Crippen LogP contribution in [0.5, 0.6) is 0 Å². The van der Waals surface area contributed by atoms with Crippen LogP contribution in [-0.4, -0.2) is 49.4 Å². The maximum atomic E-state index is 11.9. The van der Waals surface area contributed by atoms with Crippen LogP contribution in [-0.2, 0) is 4.79 Å². The third-order valence-corrected chi connectivity index (χ3v) is 4.03. The third kappa shape index (κ3) is 4.04. The topological polar surface area (TPSA) is 61.4 Å². The van der Waals surface area contributed by atoms with Crippen LogP contribution >= 0.6 is 11.3 Å². The molecule has 2 amide bonds. The van der Waals surface area contributed by atoms with Crippen molar-refractivity contribution in [3.05, 3.63) is 22.4 Å². The molecule has 1 unspecified atom stereocenters. The number of nitrogens with zero attached hydrogens (tertiary/aromatic N) is 1. The molecule has 0 saturated carbocycles. The molecule has 1 aromatic rings. The molecule has 1 saturated heterocycles.